The number of aliphatic carboxylic acids is 1. The van der Waals surface area contributed by atoms with Crippen molar-refractivity contribution in [2.45, 2.75) is 26.8 Å². The molecule has 0 aromatic rings. The maximum absolute atomic E-state index is 10.0. The van der Waals surface area contributed by atoms with Gasteiger partial charge in [0.2, 0.25) is 5.24 Å². The highest BCUT2D eigenvalue weighted by molar-refractivity contribution is 6.62. The van der Waals surface area contributed by atoms with E-state index in [1.807, 2.05) is 0 Å². The number of carboxylic acids is 1. The lowest BCUT2D eigenvalue weighted by Gasteiger charge is -2.07. The molecule has 5 heteroatoms. The summed E-state index contributed by atoms with van der Waals surface area (Å²) in [6.45, 7) is 4.85. The highest BCUT2D eigenvalue weighted by Gasteiger charge is 2.14. The van der Waals surface area contributed by atoms with Crippen molar-refractivity contribution in [2.75, 3.05) is 0 Å². The molecule has 3 N–H and O–H groups in total. The molecule has 0 rings (SSSR count). The average Bonchev–Trinajstić information content (AvgIpc) is 1.84. The molecule has 12 heavy (non-hydrogen) atoms. The number of carbonyl (C=O) groups is 2. The van der Waals surface area contributed by atoms with E-state index >= 15 is 0 Å². The first-order valence-electron chi connectivity index (χ1n) is 3.43. The predicted molar refractivity (Wildman–Crippen MR) is 47.0 cm³/mol. The van der Waals surface area contributed by atoms with Crippen LogP contribution in [0.3, 0.4) is 0 Å². The molecular formula is C7H14ClNO3. The Labute approximate surface area is 76.7 Å². The van der Waals surface area contributed by atoms with Gasteiger partial charge in [-0.25, -0.2) is 0 Å². The van der Waals surface area contributed by atoms with Crippen molar-refractivity contribution >= 4 is 22.8 Å². The summed E-state index contributed by atoms with van der Waals surface area (Å²) in [6, 6.07) is -0.713. The smallest absolute Gasteiger partial charge is 0.320 e. The van der Waals surface area contributed by atoms with Crippen LogP contribution in [0.4, 0.5) is 0 Å². The predicted octanol–water partition coefficient (Wildman–Crippen LogP) is 0.826. The molecule has 0 heterocycles. The van der Waals surface area contributed by atoms with Crippen LogP contribution in [0, 0.1) is 5.92 Å². The fourth-order valence-corrected chi connectivity index (χ4v) is 0.285. The van der Waals surface area contributed by atoms with E-state index < -0.39 is 12.0 Å². The van der Waals surface area contributed by atoms with Crippen LogP contribution < -0.4 is 5.73 Å². The van der Waals surface area contributed by atoms with E-state index in [1.54, 1.807) is 13.8 Å². The van der Waals surface area contributed by atoms with E-state index in [4.69, 9.17) is 10.8 Å². The Hall–Kier alpha value is -0.610. The van der Waals surface area contributed by atoms with Gasteiger partial charge in [0, 0.05) is 6.92 Å². The van der Waals surface area contributed by atoms with Gasteiger partial charge in [0.25, 0.3) is 0 Å². The van der Waals surface area contributed by atoms with Gasteiger partial charge in [-0.3, -0.25) is 9.59 Å². The number of hydrogen-bond donors (Lipinski definition) is 2. The minimum atomic E-state index is -0.931. The molecule has 0 radical (unpaired) electrons. The third-order valence-electron chi connectivity index (χ3n) is 1.00. The molecule has 0 fully saturated rings. The Bertz CT molecular complexity index is 155. The fourth-order valence-electron chi connectivity index (χ4n) is 0.285. The van der Waals surface area contributed by atoms with E-state index in [-0.39, 0.29) is 11.2 Å². The minimum Gasteiger partial charge on any atom is -0.480 e. The molecule has 1 atom stereocenters. The summed E-state index contributed by atoms with van der Waals surface area (Å²) in [7, 11) is 0. The summed E-state index contributed by atoms with van der Waals surface area (Å²) in [6.07, 6.45) is 0. The maximum Gasteiger partial charge on any atom is 0.320 e. The van der Waals surface area contributed by atoms with Crippen LogP contribution in [0.25, 0.3) is 0 Å². The maximum atomic E-state index is 10.0. The Morgan fingerprint density at radius 2 is 1.67 bits per heavy atom. The standard InChI is InChI=1S/C5H11NO2.C2H3ClO/c1-3(2)4(6)5(7)8;1-2(3)4/h3-4H,6H2,1-2H3,(H,7,8);1H3. The molecule has 0 aliphatic carbocycles. The molecular weight excluding hydrogens is 182 g/mol. The van der Waals surface area contributed by atoms with Gasteiger partial charge in [0.05, 0.1) is 0 Å². The molecule has 0 bridgehead atoms. The number of hydrogen-bond acceptors (Lipinski definition) is 3. The summed E-state index contributed by atoms with van der Waals surface area (Å²) >= 11 is 4.64. The molecule has 0 aromatic heterocycles. The van der Waals surface area contributed by atoms with Crippen LogP contribution >= 0.6 is 11.6 Å². The van der Waals surface area contributed by atoms with Crippen LogP contribution in [0.15, 0.2) is 0 Å². The third kappa shape index (κ3) is 12.1. The second-order valence-corrected chi connectivity index (χ2v) is 3.11. The first-order valence-corrected chi connectivity index (χ1v) is 3.81. The van der Waals surface area contributed by atoms with Crippen molar-refractivity contribution in [3.05, 3.63) is 0 Å². The van der Waals surface area contributed by atoms with Crippen molar-refractivity contribution in [1.82, 2.24) is 0 Å². The SMILES string of the molecule is CC(=O)Cl.CC(C)C(N)C(=O)O. The number of carbonyl (C=O) groups excluding carboxylic acids is 1. The molecule has 0 aliphatic heterocycles. The monoisotopic (exact) mass is 195 g/mol. The fraction of sp³-hybridized carbons (Fsp3) is 0.714. The lowest BCUT2D eigenvalue weighted by atomic mass is 10.1. The highest BCUT2D eigenvalue weighted by atomic mass is 35.5. The zero-order valence-corrected chi connectivity index (χ0v) is 8.13. The van der Waals surface area contributed by atoms with Gasteiger partial charge in [0.15, 0.2) is 0 Å². The minimum absolute atomic E-state index is 0.0208. The second-order valence-electron chi connectivity index (χ2n) is 2.58. The molecule has 4 nitrogen and oxygen atoms in total. The third-order valence-corrected chi connectivity index (χ3v) is 1.00. The zero-order valence-electron chi connectivity index (χ0n) is 7.37. The quantitative estimate of drug-likeness (QED) is 0.640. The normalized spacial score (nSPS) is 11.5. The zero-order chi connectivity index (χ0) is 10.3. The molecule has 0 saturated heterocycles. The first-order chi connectivity index (χ1) is 5.29. The van der Waals surface area contributed by atoms with E-state index in [0.29, 0.717) is 0 Å². The average molecular weight is 196 g/mol. The Morgan fingerprint density at radius 1 is 1.42 bits per heavy atom. The van der Waals surface area contributed by atoms with Crippen LogP contribution in [-0.2, 0) is 9.59 Å². The van der Waals surface area contributed by atoms with Gasteiger partial charge >= 0.3 is 5.97 Å². The highest BCUT2D eigenvalue weighted by Crippen LogP contribution is 1.96. The summed E-state index contributed by atoms with van der Waals surface area (Å²) in [5, 5.41) is 7.87. The number of rotatable bonds is 2. The summed E-state index contributed by atoms with van der Waals surface area (Å²) in [5.41, 5.74) is 5.16. The van der Waals surface area contributed by atoms with E-state index in [2.05, 4.69) is 11.6 Å². The van der Waals surface area contributed by atoms with E-state index in [0.717, 1.165) is 0 Å². The van der Waals surface area contributed by atoms with Crippen molar-refractivity contribution < 1.29 is 14.7 Å². The van der Waals surface area contributed by atoms with E-state index in [9.17, 15) is 9.59 Å². The molecule has 0 aromatic carbocycles. The van der Waals surface area contributed by atoms with Crippen LogP contribution in [0.1, 0.15) is 20.8 Å². The summed E-state index contributed by atoms with van der Waals surface area (Å²) in [5.74, 6) is -0.910. The van der Waals surface area contributed by atoms with Crippen LogP contribution in [0.2, 0.25) is 0 Å². The lowest BCUT2D eigenvalue weighted by Crippen LogP contribution is -2.34. The van der Waals surface area contributed by atoms with E-state index in [1.165, 1.54) is 6.92 Å². The topological polar surface area (TPSA) is 80.4 Å². The Kier molecular flexibility index (Phi) is 8.21. The Morgan fingerprint density at radius 3 is 1.67 bits per heavy atom. The second kappa shape index (κ2) is 7.06. The van der Waals surface area contributed by atoms with Crippen LogP contribution in [-0.4, -0.2) is 22.4 Å². The van der Waals surface area contributed by atoms with Gasteiger partial charge in [-0.15, -0.1) is 0 Å². The number of nitrogens with two attached hydrogens (primary N) is 1. The van der Waals surface area contributed by atoms with Gasteiger partial charge < -0.3 is 10.8 Å². The molecule has 72 valence electrons. The lowest BCUT2D eigenvalue weighted by molar-refractivity contribution is -0.139. The molecule has 0 spiro atoms. The van der Waals surface area contributed by atoms with Crippen molar-refractivity contribution in [3.63, 3.8) is 0 Å². The van der Waals surface area contributed by atoms with Gasteiger partial charge in [-0.05, 0) is 17.5 Å². The Balaban J connectivity index is 0. The summed E-state index contributed by atoms with van der Waals surface area (Å²) < 4.78 is 0. The van der Waals surface area contributed by atoms with Gasteiger partial charge in [0.1, 0.15) is 6.04 Å². The molecule has 0 amide bonds. The van der Waals surface area contributed by atoms with Gasteiger partial charge in [-0.2, -0.15) is 0 Å². The molecule has 1 unspecified atom stereocenters. The number of halogens is 1. The first kappa shape index (κ1) is 13.9. The number of carboxylic acid groups (broad SMARTS) is 1. The molecule has 0 saturated carbocycles. The van der Waals surface area contributed by atoms with Crippen molar-refractivity contribution in [3.8, 4) is 0 Å². The van der Waals surface area contributed by atoms with Crippen molar-refractivity contribution in [2.24, 2.45) is 11.7 Å². The summed E-state index contributed by atoms with van der Waals surface area (Å²) in [4.78, 5) is 19.2. The largest absolute Gasteiger partial charge is 0.480 e. The molecule has 0 aliphatic rings. The van der Waals surface area contributed by atoms with Crippen molar-refractivity contribution in [1.29, 1.82) is 0 Å². The van der Waals surface area contributed by atoms with Crippen LogP contribution in [0.5, 0.6) is 0 Å². The van der Waals surface area contributed by atoms with Gasteiger partial charge in [-0.1, -0.05) is 13.8 Å².